The van der Waals surface area contributed by atoms with Gasteiger partial charge in [-0.05, 0) is 24.3 Å². The van der Waals surface area contributed by atoms with Gasteiger partial charge in [-0.3, -0.25) is 0 Å². The van der Waals surface area contributed by atoms with Crippen LogP contribution in [0, 0.1) is 12.3 Å². The predicted molar refractivity (Wildman–Crippen MR) is 68.7 cm³/mol. The van der Waals surface area contributed by atoms with E-state index in [1.54, 1.807) is 0 Å². The second-order valence-corrected chi connectivity index (χ2v) is 4.03. The molecule has 0 saturated carbocycles. The summed E-state index contributed by atoms with van der Waals surface area (Å²) in [5.74, 6) is 2.55. The van der Waals surface area contributed by atoms with E-state index in [0.717, 1.165) is 18.1 Å². The molecule has 1 heterocycles. The number of rotatable bonds is 4. The van der Waals surface area contributed by atoms with Crippen LogP contribution in [0.1, 0.15) is 0 Å². The van der Waals surface area contributed by atoms with E-state index >= 15 is 0 Å². The molecule has 2 nitrogen and oxygen atoms in total. The highest BCUT2D eigenvalue weighted by Gasteiger charge is 2.00. The lowest BCUT2D eigenvalue weighted by Gasteiger charge is -2.05. The zero-order valence-corrected chi connectivity index (χ0v) is 9.67. The molecule has 0 bridgehead atoms. The van der Waals surface area contributed by atoms with Crippen LogP contribution in [-0.4, -0.2) is 17.7 Å². The summed E-state index contributed by atoms with van der Waals surface area (Å²) in [5.41, 5.74) is 1.20. The topological polar surface area (TPSA) is 17.0 Å². The van der Waals surface area contributed by atoms with Gasteiger partial charge < -0.3 is 9.88 Å². The monoisotopic (exact) mass is 232 g/mol. The molecule has 2 aromatic rings. The second-order valence-electron chi connectivity index (χ2n) is 3.59. The average molecular weight is 233 g/mol. The third kappa shape index (κ3) is 2.38. The first kappa shape index (κ1) is 11.1. The van der Waals surface area contributed by atoms with E-state index in [2.05, 4.69) is 28.1 Å². The Labute approximate surface area is 100 Å². The molecule has 0 aliphatic rings. The average Bonchev–Trinajstić information content (AvgIpc) is 2.67. The molecule has 0 aliphatic heterocycles. The van der Waals surface area contributed by atoms with Crippen molar-refractivity contribution in [2.24, 2.45) is 0 Å². The van der Waals surface area contributed by atoms with Gasteiger partial charge in [0.15, 0.2) is 0 Å². The third-order valence-corrected chi connectivity index (χ3v) is 2.72. The van der Waals surface area contributed by atoms with Crippen LogP contribution in [0.15, 0.2) is 30.5 Å². The number of aromatic nitrogens is 1. The van der Waals surface area contributed by atoms with E-state index in [1.807, 2.05) is 18.2 Å². The third-order valence-electron chi connectivity index (χ3n) is 2.49. The van der Waals surface area contributed by atoms with E-state index in [-0.39, 0.29) is 0 Å². The molecule has 1 aromatic carbocycles. The fourth-order valence-electron chi connectivity index (χ4n) is 1.73. The van der Waals surface area contributed by atoms with Crippen LogP contribution in [0.2, 0.25) is 5.02 Å². The van der Waals surface area contributed by atoms with E-state index in [0.29, 0.717) is 6.54 Å². The number of fused-ring (bicyclic) bond motifs is 1. The van der Waals surface area contributed by atoms with Crippen molar-refractivity contribution in [1.82, 2.24) is 9.88 Å². The number of terminal acetylenes is 1. The van der Waals surface area contributed by atoms with Crippen molar-refractivity contribution >= 4 is 22.5 Å². The lowest BCUT2D eigenvalue weighted by atomic mass is 10.2. The quantitative estimate of drug-likeness (QED) is 0.633. The highest BCUT2D eigenvalue weighted by Crippen LogP contribution is 2.20. The van der Waals surface area contributed by atoms with Crippen LogP contribution in [-0.2, 0) is 6.54 Å². The Bertz CT molecular complexity index is 522. The molecule has 2 rings (SSSR count). The molecule has 0 radical (unpaired) electrons. The predicted octanol–water partition coefficient (Wildman–Crippen LogP) is 2.52. The van der Waals surface area contributed by atoms with Crippen LogP contribution >= 0.6 is 11.6 Å². The first-order valence-electron chi connectivity index (χ1n) is 5.20. The van der Waals surface area contributed by atoms with Crippen LogP contribution in [0.25, 0.3) is 10.9 Å². The summed E-state index contributed by atoms with van der Waals surface area (Å²) in [6.07, 6.45) is 7.23. The Balaban J connectivity index is 2.10. The summed E-state index contributed by atoms with van der Waals surface area (Å²) in [6, 6.07) is 8.00. The van der Waals surface area contributed by atoms with Crippen molar-refractivity contribution in [2.75, 3.05) is 13.1 Å². The van der Waals surface area contributed by atoms with E-state index in [1.165, 1.54) is 10.9 Å². The fraction of sp³-hybridized carbons (Fsp3) is 0.231. The Morgan fingerprint density at radius 3 is 3.06 bits per heavy atom. The summed E-state index contributed by atoms with van der Waals surface area (Å²) in [4.78, 5) is 0. The molecule has 3 heteroatoms. The molecule has 0 fully saturated rings. The number of hydrogen-bond donors (Lipinski definition) is 1. The minimum Gasteiger partial charge on any atom is -0.346 e. The number of halogens is 1. The first-order valence-corrected chi connectivity index (χ1v) is 5.57. The van der Waals surface area contributed by atoms with Crippen molar-refractivity contribution < 1.29 is 0 Å². The standard InChI is InChI=1S/C13H13ClN2/c1-2-6-15-7-9-16-8-5-11-10-12(14)3-4-13(11)16/h1,3-5,8,10,15H,6-7,9H2. The molecular weight excluding hydrogens is 220 g/mol. The molecule has 0 spiro atoms. The molecule has 82 valence electrons. The first-order chi connectivity index (χ1) is 7.81. The molecule has 0 saturated heterocycles. The van der Waals surface area contributed by atoms with Gasteiger partial charge in [-0.1, -0.05) is 17.5 Å². The van der Waals surface area contributed by atoms with Gasteiger partial charge in [-0.25, -0.2) is 0 Å². The Hall–Kier alpha value is -1.43. The second kappa shape index (κ2) is 5.07. The van der Waals surface area contributed by atoms with Gasteiger partial charge in [0.05, 0.1) is 6.54 Å². The molecule has 16 heavy (non-hydrogen) atoms. The molecule has 1 aromatic heterocycles. The van der Waals surface area contributed by atoms with Gasteiger partial charge in [-0.2, -0.15) is 0 Å². The van der Waals surface area contributed by atoms with Gasteiger partial charge >= 0.3 is 0 Å². The summed E-state index contributed by atoms with van der Waals surface area (Å²) >= 11 is 5.93. The normalized spacial score (nSPS) is 10.5. The summed E-state index contributed by atoms with van der Waals surface area (Å²) in [7, 11) is 0. The van der Waals surface area contributed by atoms with Crippen LogP contribution in [0.4, 0.5) is 0 Å². The molecule has 0 aliphatic carbocycles. The lowest BCUT2D eigenvalue weighted by molar-refractivity contribution is 0.644. The fourth-order valence-corrected chi connectivity index (χ4v) is 1.91. The highest BCUT2D eigenvalue weighted by molar-refractivity contribution is 6.31. The highest BCUT2D eigenvalue weighted by atomic mass is 35.5. The molecular formula is C13H13ClN2. The largest absolute Gasteiger partial charge is 0.346 e. The lowest BCUT2D eigenvalue weighted by Crippen LogP contribution is -2.19. The summed E-state index contributed by atoms with van der Waals surface area (Å²) in [6.45, 7) is 2.40. The minimum absolute atomic E-state index is 0.616. The minimum atomic E-state index is 0.616. The van der Waals surface area contributed by atoms with E-state index in [9.17, 15) is 0 Å². The molecule has 0 unspecified atom stereocenters. The number of nitrogens with one attached hydrogen (secondary N) is 1. The van der Waals surface area contributed by atoms with Gasteiger partial charge in [0.1, 0.15) is 0 Å². The molecule has 0 amide bonds. The zero-order valence-electron chi connectivity index (χ0n) is 8.91. The van der Waals surface area contributed by atoms with Crippen molar-refractivity contribution in [1.29, 1.82) is 0 Å². The Kier molecular flexibility index (Phi) is 3.51. The van der Waals surface area contributed by atoms with Crippen LogP contribution in [0.3, 0.4) is 0 Å². The summed E-state index contributed by atoms with van der Waals surface area (Å²) in [5, 5.41) is 5.11. The maximum absolute atomic E-state index is 5.93. The van der Waals surface area contributed by atoms with Gasteiger partial charge in [0, 0.05) is 35.2 Å². The molecule has 1 N–H and O–H groups in total. The van der Waals surface area contributed by atoms with E-state index < -0.39 is 0 Å². The Morgan fingerprint density at radius 1 is 1.38 bits per heavy atom. The maximum atomic E-state index is 5.93. The van der Waals surface area contributed by atoms with Gasteiger partial charge in [0.25, 0.3) is 0 Å². The Morgan fingerprint density at radius 2 is 2.25 bits per heavy atom. The molecule has 0 atom stereocenters. The van der Waals surface area contributed by atoms with E-state index in [4.69, 9.17) is 18.0 Å². The van der Waals surface area contributed by atoms with Crippen molar-refractivity contribution in [2.45, 2.75) is 6.54 Å². The van der Waals surface area contributed by atoms with Crippen molar-refractivity contribution in [3.05, 3.63) is 35.5 Å². The number of benzene rings is 1. The van der Waals surface area contributed by atoms with Gasteiger partial charge in [0.2, 0.25) is 0 Å². The SMILES string of the molecule is C#CCNCCn1ccc2cc(Cl)ccc21. The number of nitrogens with zero attached hydrogens (tertiary/aromatic N) is 1. The smallest absolute Gasteiger partial charge is 0.0574 e. The van der Waals surface area contributed by atoms with Crippen LogP contribution in [0.5, 0.6) is 0 Å². The van der Waals surface area contributed by atoms with Gasteiger partial charge in [-0.15, -0.1) is 6.42 Å². The van der Waals surface area contributed by atoms with Crippen LogP contribution < -0.4 is 5.32 Å². The van der Waals surface area contributed by atoms with Crippen molar-refractivity contribution in [3.8, 4) is 12.3 Å². The van der Waals surface area contributed by atoms with Crippen molar-refractivity contribution in [3.63, 3.8) is 0 Å². The zero-order chi connectivity index (χ0) is 11.4. The summed E-state index contributed by atoms with van der Waals surface area (Å²) < 4.78 is 2.19. The maximum Gasteiger partial charge on any atom is 0.0574 e. The number of hydrogen-bond acceptors (Lipinski definition) is 1.